The van der Waals surface area contributed by atoms with Crippen molar-refractivity contribution in [2.75, 3.05) is 32.7 Å². The molecule has 94 valence electrons. The fourth-order valence-electron chi connectivity index (χ4n) is 1.23. The van der Waals surface area contributed by atoms with Gasteiger partial charge in [0.05, 0.1) is 7.11 Å². The topological polar surface area (TPSA) is 73.3 Å². The summed E-state index contributed by atoms with van der Waals surface area (Å²) < 4.78 is 9.47. The van der Waals surface area contributed by atoms with Crippen LogP contribution in [0.15, 0.2) is 12.1 Å². The van der Waals surface area contributed by atoms with Crippen LogP contribution in [0.25, 0.3) is 0 Å². The highest BCUT2D eigenvalue weighted by molar-refractivity contribution is 5.86. The number of carbonyl (C=O) groups excluding carboxylic acids is 1. The number of aromatic nitrogens is 2. The maximum atomic E-state index is 11.1. The van der Waals surface area contributed by atoms with Crippen molar-refractivity contribution in [1.82, 2.24) is 10.2 Å². The van der Waals surface area contributed by atoms with Crippen LogP contribution in [0.2, 0.25) is 0 Å². The summed E-state index contributed by atoms with van der Waals surface area (Å²) in [6.07, 6.45) is 1.99. The fourth-order valence-corrected chi connectivity index (χ4v) is 1.23. The van der Waals surface area contributed by atoms with E-state index in [1.165, 1.54) is 7.11 Å². The minimum absolute atomic E-state index is 0.206. The number of methoxy groups -OCH3 is 2. The molecule has 0 radical (unpaired) electrons. The number of unbranched alkanes of at least 4 members (excludes halogenated alkanes) is 1. The molecule has 1 aromatic heterocycles. The van der Waals surface area contributed by atoms with Crippen LogP contribution in [0, 0.1) is 0 Å². The van der Waals surface area contributed by atoms with Crippen LogP contribution in [0.3, 0.4) is 0 Å². The summed E-state index contributed by atoms with van der Waals surface area (Å²) in [6.45, 7) is 1.56. The lowest BCUT2D eigenvalue weighted by atomic mass is 10.3. The zero-order valence-corrected chi connectivity index (χ0v) is 10.1. The van der Waals surface area contributed by atoms with E-state index < -0.39 is 5.97 Å². The second kappa shape index (κ2) is 7.56. The molecule has 0 fully saturated rings. The molecule has 0 bridgehead atoms. The van der Waals surface area contributed by atoms with Crippen LogP contribution in [0.1, 0.15) is 23.3 Å². The highest BCUT2D eigenvalue weighted by Gasteiger charge is 2.06. The third-order valence-corrected chi connectivity index (χ3v) is 2.14. The molecule has 0 aliphatic rings. The minimum atomic E-state index is -0.482. The molecule has 0 spiro atoms. The molecule has 6 nitrogen and oxygen atoms in total. The Morgan fingerprint density at radius 1 is 1.29 bits per heavy atom. The summed E-state index contributed by atoms with van der Waals surface area (Å²) in [7, 11) is 3.00. The quantitative estimate of drug-likeness (QED) is 0.567. The van der Waals surface area contributed by atoms with Gasteiger partial charge in [-0.05, 0) is 25.0 Å². The molecule has 0 aliphatic carbocycles. The van der Waals surface area contributed by atoms with E-state index in [4.69, 9.17) is 4.74 Å². The van der Waals surface area contributed by atoms with Crippen LogP contribution >= 0.6 is 0 Å². The van der Waals surface area contributed by atoms with Gasteiger partial charge in [0.1, 0.15) is 5.82 Å². The molecule has 17 heavy (non-hydrogen) atoms. The first-order valence-corrected chi connectivity index (χ1v) is 5.42. The van der Waals surface area contributed by atoms with Crippen molar-refractivity contribution in [2.24, 2.45) is 0 Å². The van der Waals surface area contributed by atoms with Crippen LogP contribution in [0.4, 0.5) is 5.82 Å². The van der Waals surface area contributed by atoms with E-state index in [0.29, 0.717) is 5.82 Å². The number of rotatable bonds is 7. The molecule has 0 amide bonds. The highest BCUT2D eigenvalue weighted by atomic mass is 16.5. The average molecular weight is 239 g/mol. The number of nitrogens with zero attached hydrogens (tertiary/aromatic N) is 2. The molecule has 0 atom stereocenters. The van der Waals surface area contributed by atoms with Gasteiger partial charge in [-0.3, -0.25) is 0 Å². The maximum absolute atomic E-state index is 11.1. The molecule has 1 rings (SSSR count). The summed E-state index contributed by atoms with van der Waals surface area (Å²) in [5.41, 5.74) is 0.206. The largest absolute Gasteiger partial charge is 0.464 e. The Bertz CT molecular complexity index is 340. The number of nitrogens with one attached hydrogen (secondary N) is 1. The number of hydrogen-bond donors (Lipinski definition) is 1. The van der Waals surface area contributed by atoms with Crippen molar-refractivity contribution in [2.45, 2.75) is 12.8 Å². The van der Waals surface area contributed by atoms with E-state index in [9.17, 15) is 4.79 Å². The Morgan fingerprint density at radius 2 is 2.12 bits per heavy atom. The molecule has 0 saturated heterocycles. The molecule has 6 heteroatoms. The molecule has 1 aromatic rings. The van der Waals surface area contributed by atoms with Crippen molar-refractivity contribution in [1.29, 1.82) is 0 Å². The summed E-state index contributed by atoms with van der Waals surface area (Å²) >= 11 is 0. The zero-order valence-electron chi connectivity index (χ0n) is 10.1. The van der Waals surface area contributed by atoms with E-state index >= 15 is 0 Å². The van der Waals surface area contributed by atoms with Gasteiger partial charge in [0.25, 0.3) is 0 Å². The Labute approximate surface area is 100 Å². The normalized spacial score (nSPS) is 10.0. The molecular formula is C11H17N3O3. The van der Waals surface area contributed by atoms with Crippen LogP contribution < -0.4 is 5.32 Å². The van der Waals surface area contributed by atoms with Crippen molar-refractivity contribution < 1.29 is 14.3 Å². The maximum Gasteiger partial charge on any atom is 0.358 e. The van der Waals surface area contributed by atoms with Gasteiger partial charge in [0.15, 0.2) is 5.69 Å². The Kier molecular flexibility index (Phi) is 5.95. The van der Waals surface area contributed by atoms with E-state index in [-0.39, 0.29) is 5.69 Å². The molecule has 0 aliphatic heterocycles. The Hall–Kier alpha value is -1.69. The lowest BCUT2D eigenvalue weighted by Crippen LogP contribution is -2.09. The first kappa shape index (κ1) is 13.4. The van der Waals surface area contributed by atoms with Crippen LogP contribution in [-0.4, -0.2) is 43.5 Å². The van der Waals surface area contributed by atoms with Crippen molar-refractivity contribution in [3.8, 4) is 0 Å². The standard InChI is InChI=1S/C11H17N3O3/c1-16-8-4-3-7-12-10-6-5-9(13-14-10)11(15)17-2/h5-6H,3-4,7-8H2,1-2H3,(H,12,14). The van der Waals surface area contributed by atoms with Crippen molar-refractivity contribution in [3.63, 3.8) is 0 Å². The fraction of sp³-hybridized carbons (Fsp3) is 0.545. The first-order valence-electron chi connectivity index (χ1n) is 5.42. The monoisotopic (exact) mass is 239 g/mol. The lowest BCUT2D eigenvalue weighted by Gasteiger charge is -2.04. The Morgan fingerprint density at radius 3 is 2.71 bits per heavy atom. The summed E-state index contributed by atoms with van der Waals surface area (Å²) in [6, 6.07) is 3.28. The van der Waals surface area contributed by atoms with Crippen molar-refractivity contribution in [3.05, 3.63) is 17.8 Å². The third-order valence-electron chi connectivity index (χ3n) is 2.14. The highest BCUT2D eigenvalue weighted by Crippen LogP contribution is 2.03. The average Bonchev–Trinajstić information content (AvgIpc) is 2.38. The second-order valence-corrected chi connectivity index (χ2v) is 3.42. The summed E-state index contributed by atoms with van der Waals surface area (Å²) in [5.74, 6) is 0.166. The van der Waals surface area contributed by atoms with E-state index in [0.717, 1.165) is 26.0 Å². The third kappa shape index (κ3) is 4.78. The molecule has 0 aromatic carbocycles. The van der Waals surface area contributed by atoms with Gasteiger partial charge >= 0.3 is 5.97 Å². The van der Waals surface area contributed by atoms with Gasteiger partial charge in [-0.2, -0.15) is 0 Å². The number of hydrogen-bond acceptors (Lipinski definition) is 6. The van der Waals surface area contributed by atoms with Gasteiger partial charge < -0.3 is 14.8 Å². The molecule has 0 unspecified atom stereocenters. The lowest BCUT2D eigenvalue weighted by molar-refractivity contribution is 0.0593. The predicted molar refractivity (Wildman–Crippen MR) is 63.0 cm³/mol. The van der Waals surface area contributed by atoms with Crippen LogP contribution in [0.5, 0.6) is 0 Å². The van der Waals surface area contributed by atoms with Gasteiger partial charge in [-0.25, -0.2) is 4.79 Å². The van der Waals surface area contributed by atoms with E-state index in [1.54, 1.807) is 19.2 Å². The molecule has 0 saturated carbocycles. The molecule has 1 heterocycles. The smallest absolute Gasteiger partial charge is 0.358 e. The molecule has 1 N–H and O–H groups in total. The van der Waals surface area contributed by atoms with Gasteiger partial charge in [-0.15, -0.1) is 10.2 Å². The molecular weight excluding hydrogens is 222 g/mol. The van der Waals surface area contributed by atoms with Gasteiger partial charge in [0, 0.05) is 20.3 Å². The Balaban J connectivity index is 2.33. The number of esters is 1. The van der Waals surface area contributed by atoms with Gasteiger partial charge in [0.2, 0.25) is 0 Å². The van der Waals surface area contributed by atoms with E-state index in [1.807, 2.05) is 0 Å². The number of ether oxygens (including phenoxy) is 2. The predicted octanol–water partition coefficient (Wildman–Crippen LogP) is 1.10. The van der Waals surface area contributed by atoms with Gasteiger partial charge in [-0.1, -0.05) is 0 Å². The summed E-state index contributed by atoms with van der Waals surface area (Å²) in [4.78, 5) is 11.1. The second-order valence-electron chi connectivity index (χ2n) is 3.42. The summed E-state index contributed by atoms with van der Waals surface area (Å²) in [5, 5.41) is 10.7. The number of anilines is 1. The zero-order chi connectivity index (χ0) is 12.5. The number of carbonyl (C=O) groups is 1. The first-order chi connectivity index (χ1) is 8.27. The SMILES string of the molecule is COCCCCNc1ccc(C(=O)OC)nn1. The van der Waals surface area contributed by atoms with Crippen molar-refractivity contribution >= 4 is 11.8 Å². The van der Waals surface area contributed by atoms with E-state index in [2.05, 4.69) is 20.3 Å². The van der Waals surface area contributed by atoms with Crippen LogP contribution in [-0.2, 0) is 9.47 Å². The minimum Gasteiger partial charge on any atom is -0.464 e.